The van der Waals surface area contributed by atoms with Crippen LogP contribution < -0.4 is 0 Å². The second-order valence-corrected chi connectivity index (χ2v) is 3.97. The zero-order valence-electron chi connectivity index (χ0n) is 6.30. The number of fused-ring (bicyclic) bond motifs is 3. The van der Waals surface area contributed by atoms with Crippen molar-refractivity contribution in [3.63, 3.8) is 0 Å². The lowest BCUT2D eigenvalue weighted by Crippen LogP contribution is -2.23. The molecule has 0 fully saturated rings. The zero-order valence-corrected chi connectivity index (χ0v) is 6.30. The monoisotopic (exact) mass is 143 g/mol. The van der Waals surface area contributed by atoms with E-state index in [0.717, 1.165) is 18.4 Å². The van der Waals surface area contributed by atoms with E-state index in [1.54, 1.807) is 22.3 Å². The summed E-state index contributed by atoms with van der Waals surface area (Å²) in [6.45, 7) is 1.08. The standard InChI is InChI=1S/C10H9N/c1-2-11-4-8-5(1)6-3-7-9(6)10(7)8/h2,5,8H,1,3-4H2. The third kappa shape index (κ3) is 0.358. The van der Waals surface area contributed by atoms with Crippen LogP contribution in [0.4, 0.5) is 0 Å². The van der Waals surface area contributed by atoms with Crippen LogP contribution in [-0.2, 0) is 0 Å². The molecule has 2 unspecified atom stereocenters. The van der Waals surface area contributed by atoms with Gasteiger partial charge in [0.1, 0.15) is 0 Å². The highest BCUT2D eigenvalue weighted by atomic mass is 14.8. The molecule has 4 aliphatic rings. The Hall–Kier alpha value is -0.850. The quantitative estimate of drug-likeness (QED) is 0.489. The van der Waals surface area contributed by atoms with Gasteiger partial charge in [-0.05, 0) is 41.7 Å². The summed E-state index contributed by atoms with van der Waals surface area (Å²) < 4.78 is 0. The van der Waals surface area contributed by atoms with Gasteiger partial charge in [-0.15, -0.1) is 0 Å². The summed E-state index contributed by atoms with van der Waals surface area (Å²) in [7, 11) is 0. The Morgan fingerprint density at radius 3 is 3.27 bits per heavy atom. The van der Waals surface area contributed by atoms with Crippen molar-refractivity contribution < 1.29 is 0 Å². The number of hydrogen-bond acceptors (Lipinski definition) is 1. The number of aliphatic imine (C=N–C) groups is 1. The highest BCUT2D eigenvalue weighted by Gasteiger charge is 2.55. The molecule has 54 valence electrons. The Bertz CT molecular complexity index is 346. The summed E-state index contributed by atoms with van der Waals surface area (Å²) in [6, 6.07) is 0. The number of rotatable bonds is 0. The first kappa shape index (κ1) is 4.91. The van der Waals surface area contributed by atoms with Gasteiger partial charge in [0, 0.05) is 12.5 Å². The number of hydrogen-bond donors (Lipinski definition) is 0. The highest BCUT2D eigenvalue weighted by molar-refractivity contribution is 5.83. The number of allylic oxidation sites excluding steroid dienone is 3. The summed E-state index contributed by atoms with van der Waals surface area (Å²) in [4.78, 5) is 4.37. The van der Waals surface area contributed by atoms with E-state index >= 15 is 0 Å². The summed E-state index contributed by atoms with van der Waals surface area (Å²) in [6.07, 6.45) is 4.69. The molecule has 0 aromatic heterocycles. The van der Waals surface area contributed by atoms with Gasteiger partial charge in [-0.25, -0.2) is 0 Å². The van der Waals surface area contributed by atoms with Crippen LogP contribution in [0.3, 0.4) is 0 Å². The van der Waals surface area contributed by atoms with Gasteiger partial charge in [0.05, 0.1) is 0 Å². The molecule has 0 amide bonds. The minimum absolute atomic E-state index is 0.841. The molecular formula is C10H9N. The normalized spacial score (nSPS) is 42.2. The first-order valence-corrected chi connectivity index (χ1v) is 4.42. The van der Waals surface area contributed by atoms with Crippen molar-refractivity contribution in [2.75, 3.05) is 6.54 Å². The molecule has 0 spiro atoms. The van der Waals surface area contributed by atoms with Gasteiger partial charge in [0.15, 0.2) is 0 Å². The molecule has 1 nitrogen and oxygen atoms in total. The fraction of sp³-hybridized carbons (Fsp3) is 0.500. The van der Waals surface area contributed by atoms with Crippen LogP contribution in [-0.4, -0.2) is 12.8 Å². The molecule has 0 saturated carbocycles. The van der Waals surface area contributed by atoms with E-state index in [0.29, 0.717) is 0 Å². The van der Waals surface area contributed by atoms with Crippen LogP contribution in [0.1, 0.15) is 12.8 Å². The SMILES string of the molecule is C1=NCC2C3=C4CC(=C43)C2C1. The molecule has 0 aromatic rings. The molecular weight excluding hydrogens is 134 g/mol. The van der Waals surface area contributed by atoms with Crippen molar-refractivity contribution in [2.45, 2.75) is 12.8 Å². The lowest BCUT2D eigenvalue weighted by Gasteiger charge is -2.28. The van der Waals surface area contributed by atoms with Crippen molar-refractivity contribution in [3.8, 4) is 0 Å². The molecule has 0 bridgehead atoms. The Kier molecular flexibility index (Phi) is 0.553. The van der Waals surface area contributed by atoms with Crippen LogP contribution in [0.5, 0.6) is 0 Å². The third-order valence-corrected chi connectivity index (χ3v) is 3.62. The van der Waals surface area contributed by atoms with Crippen LogP contribution in [0, 0.1) is 11.8 Å². The van der Waals surface area contributed by atoms with Crippen LogP contribution >= 0.6 is 0 Å². The Balaban J connectivity index is 1.90. The minimum Gasteiger partial charge on any atom is -0.297 e. The molecule has 4 rings (SSSR count). The fourth-order valence-corrected chi connectivity index (χ4v) is 3.04. The van der Waals surface area contributed by atoms with Gasteiger partial charge in [0.2, 0.25) is 0 Å². The molecule has 1 heteroatoms. The Morgan fingerprint density at radius 1 is 1.36 bits per heavy atom. The van der Waals surface area contributed by atoms with Gasteiger partial charge < -0.3 is 0 Å². The topological polar surface area (TPSA) is 12.4 Å². The molecule has 3 aliphatic carbocycles. The highest BCUT2D eigenvalue weighted by Crippen LogP contribution is 2.68. The third-order valence-electron chi connectivity index (χ3n) is 3.62. The summed E-state index contributed by atoms with van der Waals surface area (Å²) in [5, 5.41) is 0. The van der Waals surface area contributed by atoms with E-state index in [1.807, 2.05) is 0 Å². The second-order valence-electron chi connectivity index (χ2n) is 3.97. The molecule has 0 radical (unpaired) electrons. The largest absolute Gasteiger partial charge is 0.297 e. The van der Waals surface area contributed by atoms with Gasteiger partial charge in [-0.2, -0.15) is 0 Å². The molecule has 0 saturated heterocycles. The first-order chi connectivity index (χ1) is 5.47. The molecule has 0 aromatic carbocycles. The van der Waals surface area contributed by atoms with Crippen molar-refractivity contribution in [3.05, 3.63) is 22.3 Å². The van der Waals surface area contributed by atoms with Crippen molar-refractivity contribution in [2.24, 2.45) is 16.8 Å². The second kappa shape index (κ2) is 1.24. The van der Waals surface area contributed by atoms with Gasteiger partial charge in [-0.1, -0.05) is 5.57 Å². The first-order valence-electron chi connectivity index (χ1n) is 4.42. The maximum atomic E-state index is 4.37. The van der Waals surface area contributed by atoms with Crippen LogP contribution in [0.25, 0.3) is 0 Å². The Labute approximate surface area is 65.5 Å². The average Bonchev–Trinajstić information content (AvgIpc) is 2.49. The van der Waals surface area contributed by atoms with E-state index < -0.39 is 0 Å². The van der Waals surface area contributed by atoms with Gasteiger partial charge in [0.25, 0.3) is 0 Å². The predicted molar refractivity (Wildman–Crippen MR) is 43.6 cm³/mol. The lowest BCUT2D eigenvalue weighted by atomic mass is 9.78. The van der Waals surface area contributed by atoms with E-state index in [9.17, 15) is 0 Å². The summed E-state index contributed by atoms with van der Waals surface area (Å²) in [5.41, 5.74) is 6.96. The summed E-state index contributed by atoms with van der Waals surface area (Å²) >= 11 is 0. The molecule has 0 N–H and O–H groups in total. The number of nitrogens with zero attached hydrogens (tertiary/aromatic N) is 1. The van der Waals surface area contributed by atoms with E-state index in [-0.39, 0.29) is 0 Å². The molecule has 1 aliphatic heterocycles. The van der Waals surface area contributed by atoms with Crippen molar-refractivity contribution in [1.82, 2.24) is 0 Å². The van der Waals surface area contributed by atoms with Gasteiger partial charge in [-0.3, -0.25) is 4.99 Å². The minimum atomic E-state index is 0.841. The van der Waals surface area contributed by atoms with E-state index in [1.165, 1.54) is 12.8 Å². The summed E-state index contributed by atoms with van der Waals surface area (Å²) in [5.74, 6) is 1.74. The fourth-order valence-electron chi connectivity index (χ4n) is 3.04. The predicted octanol–water partition coefficient (Wildman–Crippen LogP) is 1.72. The van der Waals surface area contributed by atoms with E-state index in [4.69, 9.17) is 0 Å². The zero-order chi connectivity index (χ0) is 7.00. The maximum absolute atomic E-state index is 4.37. The lowest BCUT2D eigenvalue weighted by molar-refractivity contribution is 0.451. The Morgan fingerprint density at radius 2 is 2.36 bits per heavy atom. The van der Waals surface area contributed by atoms with Crippen molar-refractivity contribution in [1.29, 1.82) is 0 Å². The van der Waals surface area contributed by atoms with Gasteiger partial charge >= 0.3 is 0 Å². The van der Waals surface area contributed by atoms with Crippen LogP contribution in [0.2, 0.25) is 0 Å². The molecule has 1 heterocycles. The molecule has 11 heavy (non-hydrogen) atoms. The smallest absolute Gasteiger partial charge is 0.0460 e. The maximum Gasteiger partial charge on any atom is 0.0460 e. The van der Waals surface area contributed by atoms with E-state index in [2.05, 4.69) is 11.2 Å². The van der Waals surface area contributed by atoms with Crippen molar-refractivity contribution >= 4 is 6.21 Å². The average molecular weight is 143 g/mol. The molecule has 2 atom stereocenters. The van der Waals surface area contributed by atoms with Crippen LogP contribution in [0.15, 0.2) is 27.3 Å².